The van der Waals surface area contributed by atoms with Crippen LogP contribution in [-0.4, -0.2) is 36.3 Å². The van der Waals surface area contributed by atoms with E-state index in [-0.39, 0.29) is 0 Å². The van der Waals surface area contributed by atoms with Crippen molar-refractivity contribution >= 4 is 39.6 Å². The number of ether oxygens (including phenoxy) is 1. The molecule has 1 aliphatic heterocycles. The van der Waals surface area contributed by atoms with E-state index >= 15 is 0 Å². The van der Waals surface area contributed by atoms with Gasteiger partial charge in [0.15, 0.2) is 0 Å². The Hall–Kier alpha value is -3.64. The monoisotopic (exact) mass is 411 g/mol. The summed E-state index contributed by atoms with van der Waals surface area (Å²) in [5.41, 5.74) is 4.06. The molecule has 3 aromatic carbocycles. The number of hydrogen-bond donors (Lipinski definition) is 2. The van der Waals surface area contributed by atoms with Gasteiger partial charge >= 0.3 is 0 Å². The van der Waals surface area contributed by atoms with Crippen molar-refractivity contribution in [1.82, 2.24) is 9.97 Å². The minimum absolute atomic E-state index is 0.572. The van der Waals surface area contributed by atoms with E-state index in [0.717, 1.165) is 49.2 Å². The third-order valence-electron chi connectivity index (χ3n) is 5.38. The molecule has 6 nitrogen and oxygen atoms in total. The van der Waals surface area contributed by atoms with Crippen molar-refractivity contribution in [3.8, 4) is 0 Å². The van der Waals surface area contributed by atoms with Crippen molar-refractivity contribution in [2.75, 3.05) is 41.8 Å². The fourth-order valence-electron chi connectivity index (χ4n) is 3.81. The van der Waals surface area contributed by atoms with Crippen molar-refractivity contribution in [3.63, 3.8) is 0 Å². The molecule has 2 heterocycles. The standard InChI is InChI=1S/C25H25N5O/c1-18-16-24(27-22-7-6-19-4-2-3-5-20(19)17-22)29-25(26-18)28-21-8-10-23(11-9-21)30-12-14-31-15-13-30/h2-11,16-17H,12-15H2,1H3,(H2,26,27,28,29). The number of fused-ring (bicyclic) bond motifs is 1. The van der Waals surface area contributed by atoms with E-state index in [1.165, 1.54) is 16.5 Å². The van der Waals surface area contributed by atoms with Gasteiger partial charge in [0.2, 0.25) is 5.95 Å². The molecule has 0 radical (unpaired) electrons. The quantitative estimate of drug-likeness (QED) is 0.467. The first kappa shape index (κ1) is 19.3. The Morgan fingerprint density at radius 1 is 0.774 bits per heavy atom. The second-order valence-corrected chi connectivity index (χ2v) is 7.68. The number of anilines is 5. The molecular formula is C25H25N5O. The summed E-state index contributed by atoms with van der Waals surface area (Å²) >= 11 is 0. The smallest absolute Gasteiger partial charge is 0.229 e. The van der Waals surface area contributed by atoms with Crippen molar-refractivity contribution in [2.45, 2.75) is 6.92 Å². The third-order valence-corrected chi connectivity index (χ3v) is 5.38. The Morgan fingerprint density at radius 2 is 1.52 bits per heavy atom. The summed E-state index contributed by atoms with van der Waals surface area (Å²) in [5, 5.41) is 9.14. The van der Waals surface area contributed by atoms with Gasteiger partial charge in [-0.15, -0.1) is 0 Å². The van der Waals surface area contributed by atoms with Crippen molar-refractivity contribution in [1.29, 1.82) is 0 Å². The normalized spacial score (nSPS) is 13.9. The summed E-state index contributed by atoms with van der Waals surface area (Å²) in [6.45, 7) is 5.39. The number of rotatable bonds is 5. The minimum Gasteiger partial charge on any atom is -0.378 e. The summed E-state index contributed by atoms with van der Waals surface area (Å²) in [5.74, 6) is 1.33. The Labute approximate surface area is 181 Å². The van der Waals surface area contributed by atoms with E-state index in [2.05, 4.69) is 86.2 Å². The van der Waals surface area contributed by atoms with Gasteiger partial charge in [-0.3, -0.25) is 0 Å². The van der Waals surface area contributed by atoms with Gasteiger partial charge < -0.3 is 20.3 Å². The predicted octanol–water partition coefficient (Wildman–Crippen LogP) is 5.26. The lowest BCUT2D eigenvalue weighted by atomic mass is 10.1. The van der Waals surface area contributed by atoms with Crippen LogP contribution in [0.2, 0.25) is 0 Å². The van der Waals surface area contributed by atoms with E-state index in [4.69, 9.17) is 4.74 Å². The van der Waals surface area contributed by atoms with E-state index < -0.39 is 0 Å². The second-order valence-electron chi connectivity index (χ2n) is 7.68. The molecule has 0 amide bonds. The largest absolute Gasteiger partial charge is 0.378 e. The summed E-state index contributed by atoms with van der Waals surface area (Å²) in [6, 6.07) is 24.9. The van der Waals surface area contributed by atoms with E-state index in [9.17, 15) is 0 Å². The molecule has 1 fully saturated rings. The number of hydrogen-bond acceptors (Lipinski definition) is 6. The number of nitrogens with one attached hydrogen (secondary N) is 2. The average molecular weight is 412 g/mol. The van der Waals surface area contributed by atoms with Gasteiger partial charge in [-0.1, -0.05) is 30.3 Å². The number of nitrogens with zero attached hydrogens (tertiary/aromatic N) is 3. The highest BCUT2D eigenvalue weighted by Crippen LogP contribution is 2.24. The maximum atomic E-state index is 5.43. The molecule has 2 N–H and O–H groups in total. The molecule has 5 rings (SSSR count). The van der Waals surface area contributed by atoms with E-state index in [1.54, 1.807) is 0 Å². The van der Waals surface area contributed by atoms with Gasteiger partial charge in [-0.25, -0.2) is 4.98 Å². The van der Waals surface area contributed by atoms with Crippen molar-refractivity contribution < 1.29 is 4.74 Å². The molecule has 1 aliphatic rings. The fourth-order valence-corrected chi connectivity index (χ4v) is 3.81. The lowest BCUT2D eigenvalue weighted by Crippen LogP contribution is -2.36. The van der Waals surface area contributed by atoms with Crippen LogP contribution in [0.3, 0.4) is 0 Å². The SMILES string of the molecule is Cc1cc(Nc2ccc3ccccc3c2)nc(Nc2ccc(N3CCOCC3)cc2)n1. The summed E-state index contributed by atoms with van der Waals surface area (Å²) in [4.78, 5) is 11.5. The number of benzene rings is 3. The van der Waals surface area contributed by atoms with E-state index in [0.29, 0.717) is 5.95 Å². The van der Waals surface area contributed by atoms with Crippen LogP contribution in [0.5, 0.6) is 0 Å². The van der Waals surface area contributed by atoms with Gasteiger partial charge in [0.05, 0.1) is 13.2 Å². The molecule has 1 aromatic heterocycles. The summed E-state index contributed by atoms with van der Waals surface area (Å²) in [6.07, 6.45) is 0. The van der Waals surface area contributed by atoms with E-state index in [1.807, 2.05) is 19.1 Å². The first-order chi connectivity index (χ1) is 15.2. The van der Waals surface area contributed by atoms with Crippen LogP contribution in [0.1, 0.15) is 5.69 Å². The van der Waals surface area contributed by atoms with Crippen molar-refractivity contribution in [3.05, 3.63) is 78.5 Å². The van der Waals surface area contributed by atoms with Crippen LogP contribution in [0.4, 0.5) is 28.8 Å². The van der Waals surface area contributed by atoms with Crippen LogP contribution in [0, 0.1) is 6.92 Å². The topological polar surface area (TPSA) is 62.3 Å². The molecule has 0 aliphatic carbocycles. The molecule has 0 spiro atoms. The molecule has 0 bridgehead atoms. The lowest BCUT2D eigenvalue weighted by Gasteiger charge is -2.28. The molecule has 156 valence electrons. The number of aromatic nitrogens is 2. The van der Waals surface area contributed by atoms with Crippen LogP contribution in [0.15, 0.2) is 72.8 Å². The molecule has 0 saturated carbocycles. The fraction of sp³-hybridized carbons (Fsp3) is 0.200. The first-order valence-electron chi connectivity index (χ1n) is 10.5. The van der Waals surface area contributed by atoms with Crippen LogP contribution in [-0.2, 0) is 4.74 Å². The minimum atomic E-state index is 0.572. The molecule has 0 unspecified atom stereocenters. The zero-order valence-corrected chi connectivity index (χ0v) is 17.5. The zero-order chi connectivity index (χ0) is 21.0. The Bertz CT molecular complexity index is 1190. The van der Waals surface area contributed by atoms with Crippen LogP contribution in [0.25, 0.3) is 10.8 Å². The molecule has 6 heteroatoms. The number of aryl methyl sites for hydroxylation is 1. The second kappa shape index (κ2) is 8.62. The van der Waals surface area contributed by atoms with Crippen molar-refractivity contribution in [2.24, 2.45) is 0 Å². The van der Waals surface area contributed by atoms with Gasteiger partial charge in [0, 0.05) is 41.9 Å². The zero-order valence-electron chi connectivity index (χ0n) is 17.5. The highest BCUT2D eigenvalue weighted by molar-refractivity contribution is 5.86. The summed E-state index contributed by atoms with van der Waals surface area (Å²) < 4.78 is 5.43. The van der Waals surface area contributed by atoms with Gasteiger partial charge in [0.25, 0.3) is 0 Å². The first-order valence-corrected chi connectivity index (χ1v) is 10.5. The predicted molar refractivity (Wildman–Crippen MR) is 127 cm³/mol. The molecular weight excluding hydrogens is 386 g/mol. The Kier molecular flexibility index (Phi) is 5.37. The lowest BCUT2D eigenvalue weighted by molar-refractivity contribution is 0.122. The maximum absolute atomic E-state index is 5.43. The molecule has 1 saturated heterocycles. The number of morpholine rings is 1. The Balaban J connectivity index is 1.32. The molecule has 0 atom stereocenters. The average Bonchev–Trinajstić information content (AvgIpc) is 2.80. The maximum Gasteiger partial charge on any atom is 0.229 e. The molecule has 31 heavy (non-hydrogen) atoms. The van der Waals surface area contributed by atoms with Crippen LogP contribution >= 0.6 is 0 Å². The molecule has 4 aromatic rings. The highest BCUT2D eigenvalue weighted by atomic mass is 16.5. The Morgan fingerprint density at radius 3 is 2.32 bits per heavy atom. The van der Waals surface area contributed by atoms with Gasteiger partial charge in [0.1, 0.15) is 5.82 Å². The highest BCUT2D eigenvalue weighted by Gasteiger charge is 2.11. The van der Waals surface area contributed by atoms with Gasteiger partial charge in [-0.05, 0) is 54.1 Å². The third kappa shape index (κ3) is 4.59. The summed E-state index contributed by atoms with van der Waals surface area (Å²) in [7, 11) is 0. The van der Waals surface area contributed by atoms with Gasteiger partial charge in [-0.2, -0.15) is 4.98 Å². The van der Waals surface area contributed by atoms with Crippen LogP contribution < -0.4 is 15.5 Å².